The van der Waals surface area contributed by atoms with E-state index in [2.05, 4.69) is 10.0 Å². The molecule has 0 fully saturated rings. The highest BCUT2D eigenvalue weighted by Crippen LogP contribution is 2.21. The van der Waals surface area contributed by atoms with Gasteiger partial charge in [0.1, 0.15) is 0 Å². The molecule has 0 aliphatic heterocycles. The lowest BCUT2D eigenvalue weighted by atomic mass is 10.1. The Morgan fingerprint density at radius 2 is 1.77 bits per heavy atom. The predicted molar refractivity (Wildman–Crippen MR) is 102 cm³/mol. The predicted octanol–water partition coefficient (Wildman–Crippen LogP) is 2.87. The molecule has 0 unspecified atom stereocenters. The van der Waals surface area contributed by atoms with E-state index >= 15 is 0 Å². The van der Waals surface area contributed by atoms with Crippen molar-refractivity contribution in [3.05, 3.63) is 59.2 Å². The van der Waals surface area contributed by atoms with Gasteiger partial charge in [0.2, 0.25) is 0 Å². The lowest BCUT2D eigenvalue weighted by Gasteiger charge is -2.12. The molecule has 6 nitrogen and oxygen atoms in total. The van der Waals surface area contributed by atoms with E-state index in [9.17, 15) is 13.2 Å². The second kappa shape index (κ2) is 8.82. The first kappa shape index (κ1) is 19.9. The summed E-state index contributed by atoms with van der Waals surface area (Å²) >= 11 is 0. The van der Waals surface area contributed by atoms with Crippen LogP contribution >= 0.6 is 0 Å². The van der Waals surface area contributed by atoms with E-state index < -0.39 is 10.0 Å². The molecule has 2 N–H and O–H groups in total. The molecule has 7 heteroatoms. The molecule has 2 rings (SSSR count). The van der Waals surface area contributed by atoms with E-state index in [1.54, 1.807) is 56.5 Å². The van der Waals surface area contributed by atoms with Crippen LogP contribution < -0.4 is 10.0 Å². The number of ether oxygens (including phenoxy) is 1. The maximum absolute atomic E-state index is 12.5. The monoisotopic (exact) mass is 376 g/mol. The van der Waals surface area contributed by atoms with E-state index in [0.717, 1.165) is 12.0 Å². The highest BCUT2D eigenvalue weighted by Gasteiger charge is 2.16. The zero-order chi connectivity index (χ0) is 19.2. The summed E-state index contributed by atoms with van der Waals surface area (Å²) in [6.07, 6.45) is 0.732. The molecule has 0 atom stereocenters. The standard InChI is InChI=1S/C19H24N2O4S/c1-14-5-8-17(9-6-14)26(23,24)21-18-10-7-16(13-15(18)2)19(22)20-11-4-12-25-3/h5-10,13,21H,4,11-12H2,1-3H3,(H,20,22). The van der Waals surface area contributed by atoms with Crippen LogP contribution in [0, 0.1) is 13.8 Å². The molecular weight excluding hydrogens is 352 g/mol. The first-order valence-electron chi connectivity index (χ1n) is 8.31. The third-order valence-corrected chi connectivity index (χ3v) is 5.26. The van der Waals surface area contributed by atoms with E-state index in [1.165, 1.54) is 0 Å². The molecule has 0 aromatic heterocycles. The van der Waals surface area contributed by atoms with Crippen molar-refractivity contribution in [2.75, 3.05) is 25.0 Å². The summed E-state index contributed by atoms with van der Waals surface area (Å²) in [5, 5.41) is 2.80. The Hall–Kier alpha value is -2.38. The molecule has 0 saturated heterocycles. The fourth-order valence-corrected chi connectivity index (χ4v) is 3.49. The zero-order valence-electron chi connectivity index (χ0n) is 15.2. The number of amides is 1. The largest absolute Gasteiger partial charge is 0.385 e. The number of rotatable bonds is 8. The summed E-state index contributed by atoms with van der Waals surface area (Å²) in [5.41, 5.74) is 2.59. The molecule has 0 aliphatic carbocycles. The van der Waals surface area contributed by atoms with Gasteiger partial charge in [-0.3, -0.25) is 9.52 Å². The van der Waals surface area contributed by atoms with E-state index in [-0.39, 0.29) is 10.8 Å². The third-order valence-electron chi connectivity index (χ3n) is 3.87. The Bertz CT molecular complexity index is 862. The Kier molecular flexibility index (Phi) is 6.76. The molecule has 0 bridgehead atoms. The molecule has 0 aliphatic rings. The van der Waals surface area contributed by atoms with Gasteiger partial charge in [-0.25, -0.2) is 8.42 Å². The van der Waals surface area contributed by atoms with E-state index in [1.807, 2.05) is 6.92 Å². The van der Waals surface area contributed by atoms with Crippen LogP contribution in [0.1, 0.15) is 27.9 Å². The van der Waals surface area contributed by atoms with Gasteiger partial charge in [-0.1, -0.05) is 17.7 Å². The van der Waals surface area contributed by atoms with Crippen LogP contribution in [0.3, 0.4) is 0 Å². The fourth-order valence-electron chi connectivity index (χ4n) is 2.36. The summed E-state index contributed by atoms with van der Waals surface area (Å²) in [5.74, 6) is -0.197. The van der Waals surface area contributed by atoms with Gasteiger partial charge < -0.3 is 10.1 Å². The molecule has 0 heterocycles. The molecule has 0 saturated carbocycles. The molecular formula is C19H24N2O4S. The average molecular weight is 376 g/mol. The van der Waals surface area contributed by atoms with Gasteiger partial charge in [-0.05, 0) is 56.2 Å². The highest BCUT2D eigenvalue weighted by atomic mass is 32.2. The van der Waals surface area contributed by atoms with Crippen molar-refractivity contribution < 1.29 is 17.9 Å². The number of hydrogen-bond acceptors (Lipinski definition) is 4. The van der Waals surface area contributed by atoms with Gasteiger partial charge in [0, 0.05) is 25.8 Å². The van der Waals surface area contributed by atoms with Crippen molar-refractivity contribution in [3.8, 4) is 0 Å². The van der Waals surface area contributed by atoms with Gasteiger partial charge in [-0.2, -0.15) is 0 Å². The summed E-state index contributed by atoms with van der Waals surface area (Å²) in [6.45, 7) is 4.76. The third kappa shape index (κ3) is 5.31. The molecule has 2 aromatic carbocycles. The van der Waals surface area contributed by atoms with Gasteiger partial charge in [0.25, 0.3) is 15.9 Å². The molecule has 1 amide bonds. The minimum atomic E-state index is -3.67. The smallest absolute Gasteiger partial charge is 0.261 e. The SMILES string of the molecule is COCCCNC(=O)c1ccc(NS(=O)(=O)c2ccc(C)cc2)c(C)c1. The first-order valence-corrected chi connectivity index (χ1v) is 9.79. The van der Waals surface area contributed by atoms with Crippen LogP contribution in [0.2, 0.25) is 0 Å². The minimum absolute atomic E-state index is 0.197. The second-order valence-corrected chi connectivity index (χ2v) is 7.73. The van der Waals surface area contributed by atoms with Crippen LogP contribution in [0.5, 0.6) is 0 Å². The first-order chi connectivity index (χ1) is 12.3. The van der Waals surface area contributed by atoms with Crippen molar-refractivity contribution in [1.82, 2.24) is 5.32 Å². The maximum Gasteiger partial charge on any atom is 0.261 e. The number of benzene rings is 2. The fraction of sp³-hybridized carbons (Fsp3) is 0.316. The van der Waals surface area contributed by atoms with E-state index in [0.29, 0.717) is 30.0 Å². The highest BCUT2D eigenvalue weighted by molar-refractivity contribution is 7.92. The Morgan fingerprint density at radius 3 is 2.38 bits per heavy atom. The summed E-state index contributed by atoms with van der Waals surface area (Å²) in [4.78, 5) is 12.3. The minimum Gasteiger partial charge on any atom is -0.385 e. The Labute approximate surface area is 154 Å². The molecule has 140 valence electrons. The number of carbonyl (C=O) groups excluding carboxylic acids is 1. The number of carbonyl (C=O) groups is 1. The number of aryl methyl sites for hydroxylation is 2. The summed E-state index contributed by atoms with van der Waals surface area (Å²) in [6, 6.07) is 11.5. The summed E-state index contributed by atoms with van der Waals surface area (Å²) < 4.78 is 32.5. The van der Waals surface area contributed by atoms with Gasteiger partial charge in [0.05, 0.1) is 10.6 Å². The van der Waals surface area contributed by atoms with Crippen LogP contribution in [0.15, 0.2) is 47.4 Å². The van der Waals surface area contributed by atoms with Crippen LogP contribution in [-0.4, -0.2) is 34.6 Å². The summed E-state index contributed by atoms with van der Waals surface area (Å²) in [7, 11) is -2.06. The molecule has 0 spiro atoms. The van der Waals surface area contributed by atoms with Crippen LogP contribution in [0.4, 0.5) is 5.69 Å². The van der Waals surface area contributed by atoms with Crippen molar-refractivity contribution >= 4 is 21.6 Å². The van der Waals surface area contributed by atoms with Gasteiger partial charge in [-0.15, -0.1) is 0 Å². The van der Waals surface area contributed by atoms with Crippen molar-refractivity contribution in [2.45, 2.75) is 25.2 Å². The van der Waals surface area contributed by atoms with Gasteiger partial charge >= 0.3 is 0 Å². The maximum atomic E-state index is 12.5. The number of anilines is 1. The van der Waals surface area contributed by atoms with Gasteiger partial charge in [0.15, 0.2) is 0 Å². The number of hydrogen-bond donors (Lipinski definition) is 2. The molecule has 2 aromatic rings. The Morgan fingerprint density at radius 1 is 1.08 bits per heavy atom. The number of sulfonamides is 1. The van der Waals surface area contributed by atoms with Crippen molar-refractivity contribution in [2.24, 2.45) is 0 Å². The van der Waals surface area contributed by atoms with Crippen LogP contribution in [-0.2, 0) is 14.8 Å². The quantitative estimate of drug-likeness (QED) is 0.694. The van der Waals surface area contributed by atoms with E-state index in [4.69, 9.17) is 4.74 Å². The molecule has 0 radical (unpaired) electrons. The van der Waals surface area contributed by atoms with Crippen molar-refractivity contribution in [3.63, 3.8) is 0 Å². The number of methoxy groups -OCH3 is 1. The second-order valence-electron chi connectivity index (χ2n) is 6.05. The zero-order valence-corrected chi connectivity index (χ0v) is 16.0. The topological polar surface area (TPSA) is 84.5 Å². The lowest BCUT2D eigenvalue weighted by molar-refractivity contribution is 0.0948. The van der Waals surface area contributed by atoms with Crippen LogP contribution in [0.25, 0.3) is 0 Å². The number of nitrogens with one attached hydrogen (secondary N) is 2. The normalized spacial score (nSPS) is 11.2. The average Bonchev–Trinajstić information content (AvgIpc) is 2.60. The molecule has 26 heavy (non-hydrogen) atoms. The Balaban J connectivity index is 2.09. The van der Waals surface area contributed by atoms with Crippen molar-refractivity contribution in [1.29, 1.82) is 0 Å². The lowest BCUT2D eigenvalue weighted by Crippen LogP contribution is -2.25.